The minimum Gasteiger partial charge on any atom is -0.341 e. The summed E-state index contributed by atoms with van der Waals surface area (Å²) < 4.78 is 5.32. The lowest BCUT2D eigenvalue weighted by Gasteiger charge is -2.17. The molecule has 0 radical (unpaired) electrons. The van der Waals surface area contributed by atoms with E-state index in [-0.39, 0.29) is 5.91 Å². The maximum Gasteiger partial charge on any atom is 0.227 e. The monoisotopic (exact) mass is 395 g/mol. The molecule has 0 aliphatic heterocycles. The van der Waals surface area contributed by atoms with E-state index in [1.807, 2.05) is 25.4 Å². The highest BCUT2D eigenvalue weighted by Gasteiger charge is 2.14. The third kappa shape index (κ3) is 5.23. The second kappa shape index (κ2) is 9.55. The fourth-order valence-electron chi connectivity index (χ4n) is 2.86. The molecule has 0 saturated heterocycles. The number of thioether (sulfide) groups is 1. The van der Waals surface area contributed by atoms with Crippen LogP contribution in [0.1, 0.15) is 30.4 Å². The van der Waals surface area contributed by atoms with Gasteiger partial charge in [-0.25, -0.2) is 0 Å². The Bertz CT molecular complexity index is 904. The Hall–Kier alpha value is -2.60. The van der Waals surface area contributed by atoms with Gasteiger partial charge >= 0.3 is 0 Å². The molecule has 0 bridgehead atoms. The summed E-state index contributed by atoms with van der Waals surface area (Å²) in [5.74, 6) is 1.11. The highest BCUT2D eigenvalue weighted by Crippen LogP contribution is 2.18. The van der Waals surface area contributed by atoms with Gasteiger partial charge in [-0.3, -0.25) is 4.79 Å². The van der Waals surface area contributed by atoms with E-state index in [2.05, 4.69) is 53.5 Å². The first-order valence-electron chi connectivity index (χ1n) is 9.38. The predicted molar refractivity (Wildman–Crippen MR) is 112 cm³/mol. The van der Waals surface area contributed by atoms with E-state index in [4.69, 9.17) is 4.52 Å². The van der Waals surface area contributed by atoms with Gasteiger partial charge in [0, 0.05) is 36.9 Å². The molecular formula is C22H25N3O2S. The predicted octanol–water partition coefficient (Wildman–Crippen LogP) is 4.61. The second-order valence-corrected chi connectivity index (χ2v) is 7.54. The van der Waals surface area contributed by atoms with Gasteiger partial charge in [-0.2, -0.15) is 4.98 Å². The van der Waals surface area contributed by atoms with Gasteiger partial charge in [0.25, 0.3) is 0 Å². The van der Waals surface area contributed by atoms with E-state index in [1.165, 1.54) is 10.5 Å². The third-order valence-corrected chi connectivity index (χ3v) is 5.39. The van der Waals surface area contributed by atoms with E-state index in [0.29, 0.717) is 31.1 Å². The van der Waals surface area contributed by atoms with Crippen molar-refractivity contribution in [3.8, 4) is 11.4 Å². The fourth-order valence-corrected chi connectivity index (χ4v) is 3.27. The van der Waals surface area contributed by atoms with Gasteiger partial charge in [0.15, 0.2) is 0 Å². The van der Waals surface area contributed by atoms with Crippen LogP contribution in [0.3, 0.4) is 0 Å². The van der Waals surface area contributed by atoms with Crippen molar-refractivity contribution in [2.24, 2.45) is 0 Å². The average molecular weight is 396 g/mol. The first kappa shape index (κ1) is 20.1. The van der Waals surface area contributed by atoms with E-state index >= 15 is 0 Å². The molecule has 0 fully saturated rings. The number of nitrogens with zero attached hydrogens (tertiary/aromatic N) is 3. The molecule has 6 heteroatoms. The molecule has 3 aromatic rings. The molecule has 28 heavy (non-hydrogen) atoms. The summed E-state index contributed by atoms with van der Waals surface area (Å²) in [5.41, 5.74) is 3.30. The van der Waals surface area contributed by atoms with Gasteiger partial charge < -0.3 is 9.42 Å². The van der Waals surface area contributed by atoms with Crippen molar-refractivity contribution in [2.45, 2.75) is 37.6 Å². The largest absolute Gasteiger partial charge is 0.341 e. The summed E-state index contributed by atoms with van der Waals surface area (Å²) in [6.45, 7) is 2.71. The molecule has 1 heterocycles. The summed E-state index contributed by atoms with van der Waals surface area (Å²) in [5, 5.41) is 4.04. The Morgan fingerprint density at radius 2 is 1.75 bits per heavy atom. The topological polar surface area (TPSA) is 59.2 Å². The SMILES string of the molecule is CCc1ccc(-c2noc(CCC(=O)N(C)Cc3ccc(SC)cc3)n2)cc1. The van der Waals surface area contributed by atoms with E-state index in [1.54, 1.807) is 16.7 Å². The van der Waals surface area contributed by atoms with Crippen molar-refractivity contribution < 1.29 is 9.32 Å². The first-order chi connectivity index (χ1) is 13.6. The number of carbonyl (C=O) groups excluding carboxylic acids is 1. The van der Waals surface area contributed by atoms with Gasteiger partial charge in [-0.15, -0.1) is 11.8 Å². The molecule has 5 nitrogen and oxygen atoms in total. The molecular weight excluding hydrogens is 370 g/mol. The van der Waals surface area contributed by atoms with Crippen molar-refractivity contribution in [3.63, 3.8) is 0 Å². The zero-order valence-electron chi connectivity index (χ0n) is 16.5. The zero-order valence-corrected chi connectivity index (χ0v) is 17.3. The Morgan fingerprint density at radius 3 is 2.39 bits per heavy atom. The van der Waals surface area contributed by atoms with E-state index in [0.717, 1.165) is 17.5 Å². The fraction of sp³-hybridized carbons (Fsp3) is 0.318. The molecule has 0 spiro atoms. The van der Waals surface area contributed by atoms with Crippen LogP contribution in [0.4, 0.5) is 0 Å². The molecule has 0 N–H and O–H groups in total. The lowest BCUT2D eigenvalue weighted by Crippen LogP contribution is -2.26. The normalized spacial score (nSPS) is 10.8. The zero-order chi connectivity index (χ0) is 19.9. The van der Waals surface area contributed by atoms with E-state index in [9.17, 15) is 4.79 Å². The summed E-state index contributed by atoms with van der Waals surface area (Å²) in [6.07, 6.45) is 3.83. The number of rotatable bonds is 8. The molecule has 0 saturated carbocycles. The number of aryl methyl sites for hydroxylation is 2. The Morgan fingerprint density at radius 1 is 1.07 bits per heavy atom. The number of benzene rings is 2. The van der Waals surface area contributed by atoms with Crippen LogP contribution in [0.5, 0.6) is 0 Å². The molecule has 2 aromatic carbocycles. The van der Waals surface area contributed by atoms with Crippen LogP contribution in [0.2, 0.25) is 0 Å². The van der Waals surface area contributed by atoms with Crippen molar-refractivity contribution in [1.29, 1.82) is 0 Å². The summed E-state index contributed by atoms with van der Waals surface area (Å²) >= 11 is 1.71. The Kier molecular flexibility index (Phi) is 6.87. The summed E-state index contributed by atoms with van der Waals surface area (Å²) in [7, 11) is 1.82. The maximum absolute atomic E-state index is 12.4. The third-order valence-electron chi connectivity index (χ3n) is 4.65. The van der Waals surface area contributed by atoms with Crippen molar-refractivity contribution >= 4 is 17.7 Å². The van der Waals surface area contributed by atoms with Gasteiger partial charge in [0.1, 0.15) is 0 Å². The lowest BCUT2D eigenvalue weighted by molar-refractivity contribution is -0.130. The van der Waals surface area contributed by atoms with Gasteiger partial charge in [-0.05, 0) is 35.9 Å². The van der Waals surface area contributed by atoms with Gasteiger partial charge in [0.05, 0.1) is 0 Å². The van der Waals surface area contributed by atoms with Crippen LogP contribution in [0.15, 0.2) is 57.9 Å². The van der Waals surface area contributed by atoms with Crippen molar-refractivity contribution in [3.05, 3.63) is 65.5 Å². The molecule has 0 aliphatic rings. The smallest absolute Gasteiger partial charge is 0.227 e. The Labute approximate surface area is 170 Å². The Balaban J connectivity index is 1.52. The molecule has 3 rings (SSSR count). The van der Waals surface area contributed by atoms with E-state index < -0.39 is 0 Å². The number of hydrogen-bond acceptors (Lipinski definition) is 5. The lowest BCUT2D eigenvalue weighted by atomic mass is 10.1. The van der Waals surface area contributed by atoms with Crippen LogP contribution >= 0.6 is 11.8 Å². The maximum atomic E-state index is 12.4. The number of aromatic nitrogens is 2. The highest BCUT2D eigenvalue weighted by molar-refractivity contribution is 7.98. The number of amides is 1. The van der Waals surface area contributed by atoms with Crippen LogP contribution in [-0.2, 0) is 24.2 Å². The van der Waals surface area contributed by atoms with Crippen LogP contribution in [0, 0.1) is 0 Å². The quantitative estimate of drug-likeness (QED) is 0.521. The number of carbonyl (C=O) groups is 1. The van der Waals surface area contributed by atoms with Gasteiger partial charge in [-0.1, -0.05) is 48.5 Å². The van der Waals surface area contributed by atoms with Crippen LogP contribution < -0.4 is 0 Å². The van der Waals surface area contributed by atoms with Crippen molar-refractivity contribution in [2.75, 3.05) is 13.3 Å². The molecule has 1 amide bonds. The summed E-state index contributed by atoms with van der Waals surface area (Å²) in [4.78, 5) is 19.8. The van der Waals surface area contributed by atoms with Crippen molar-refractivity contribution in [1.82, 2.24) is 15.0 Å². The standard InChI is InChI=1S/C22H25N3O2S/c1-4-16-5-9-18(10-6-16)22-23-20(27-24-22)13-14-21(26)25(2)15-17-7-11-19(28-3)12-8-17/h5-12H,4,13-15H2,1-3H3. The molecule has 0 atom stereocenters. The minimum atomic E-state index is 0.0565. The van der Waals surface area contributed by atoms with Crippen LogP contribution in [0.25, 0.3) is 11.4 Å². The highest BCUT2D eigenvalue weighted by atomic mass is 32.2. The number of hydrogen-bond donors (Lipinski definition) is 0. The summed E-state index contributed by atoms with van der Waals surface area (Å²) in [6, 6.07) is 16.4. The molecule has 0 unspecified atom stereocenters. The average Bonchev–Trinajstić information content (AvgIpc) is 3.21. The second-order valence-electron chi connectivity index (χ2n) is 6.66. The molecule has 1 aromatic heterocycles. The molecule has 0 aliphatic carbocycles. The van der Waals surface area contributed by atoms with Crippen LogP contribution in [-0.4, -0.2) is 34.3 Å². The minimum absolute atomic E-state index is 0.0565. The van der Waals surface area contributed by atoms with Gasteiger partial charge in [0.2, 0.25) is 17.6 Å². The molecule has 146 valence electrons. The first-order valence-corrected chi connectivity index (χ1v) is 10.6.